The zero-order valence-corrected chi connectivity index (χ0v) is 21.6. The second-order valence-corrected chi connectivity index (χ2v) is 9.22. The number of benzene rings is 4. The first kappa shape index (κ1) is 24.8. The van der Waals surface area contributed by atoms with E-state index in [0.717, 1.165) is 10.9 Å². The van der Waals surface area contributed by atoms with Gasteiger partial charge in [-0.25, -0.2) is 0 Å². The molecule has 0 bridgehead atoms. The Morgan fingerprint density at radius 2 is 1.09 bits per heavy atom. The van der Waals surface area contributed by atoms with Gasteiger partial charge in [-0.2, -0.15) is 0 Å². The number of hydrogen-bond acceptors (Lipinski definition) is 1. The van der Waals surface area contributed by atoms with Gasteiger partial charge in [0.05, 0.1) is 0 Å². The van der Waals surface area contributed by atoms with Gasteiger partial charge in [0.1, 0.15) is 0 Å². The van der Waals surface area contributed by atoms with Crippen LogP contribution in [0.15, 0.2) is 108 Å². The molecule has 4 aromatic rings. The first-order chi connectivity index (χ1) is 16.1. The Morgan fingerprint density at radius 3 is 1.64 bits per heavy atom. The lowest BCUT2D eigenvalue weighted by molar-refractivity contribution is 0.921. The van der Waals surface area contributed by atoms with E-state index in [2.05, 4.69) is 145 Å². The summed E-state index contributed by atoms with van der Waals surface area (Å²) in [6.07, 6.45) is 4.73. The molecule has 0 fully saturated rings. The number of rotatable bonds is 7. The van der Waals surface area contributed by atoms with E-state index < -0.39 is 0 Å². The molecule has 4 aromatic carbocycles. The normalized spacial score (nSPS) is 10.3. The molecule has 0 atom stereocenters. The summed E-state index contributed by atoms with van der Waals surface area (Å²) in [4.78, 5) is 2.31. The van der Waals surface area contributed by atoms with E-state index in [1.807, 2.05) is 0 Å². The van der Waals surface area contributed by atoms with Crippen LogP contribution in [-0.2, 0) is 12.8 Å². The van der Waals surface area contributed by atoms with Gasteiger partial charge in [0.25, 0.3) is 0 Å². The number of aryl methyl sites for hydroxylation is 3. The van der Waals surface area contributed by atoms with Gasteiger partial charge >= 0.3 is 0 Å². The molecule has 2 heteroatoms. The Morgan fingerprint density at radius 1 is 0.576 bits per heavy atom. The van der Waals surface area contributed by atoms with E-state index in [4.69, 9.17) is 0 Å². The van der Waals surface area contributed by atoms with E-state index >= 15 is 0 Å². The Kier molecular flexibility index (Phi) is 9.77. The van der Waals surface area contributed by atoms with Gasteiger partial charge < -0.3 is 4.90 Å². The van der Waals surface area contributed by atoms with Gasteiger partial charge in [-0.1, -0.05) is 97.2 Å². The highest BCUT2D eigenvalue weighted by atomic mass is 79.9. The standard InChI is InChI=1S/C22H23N.C9H11Br/c1-3-8-19-13-15-21(16-14-19)23(20-10-5-4-6-11-20)22-12-7-9-18(2)17-22;1-2-3-8-4-6-9(10)7-5-8/h4-7,9-17H,3,8H2,1-2H3;4-7H,2-3H2,1H3. The largest absolute Gasteiger partial charge is 0.310 e. The summed E-state index contributed by atoms with van der Waals surface area (Å²) in [6.45, 7) is 6.55. The molecule has 1 nitrogen and oxygen atoms in total. The van der Waals surface area contributed by atoms with Gasteiger partial charge in [-0.05, 0) is 85.0 Å². The summed E-state index contributed by atoms with van der Waals surface area (Å²) in [6, 6.07) is 36.6. The third-order valence-corrected chi connectivity index (χ3v) is 5.99. The Balaban J connectivity index is 0.000000257. The summed E-state index contributed by atoms with van der Waals surface area (Å²) in [7, 11) is 0. The highest BCUT2D eigenvalue weighted by Crippen LogP contribution is 2.34. The smallest absolute Gasteiger partial charge is 0.0464 e. The maximum atomic E-state index is 3.40. The minimum atomic E-state index is 1.13. The van der Waals surface area contributed by atoms with Crippen LogP contribution in [0.5, 0.6) is 0 Å². The molecular formula is C31H34BrN. The molecule has 4 rings (SSSR count). The van der Waals surface area contributed by atoms with Gasteiger partial charge in [-0.15, -0.1) is 0 Å². The van der Waals surface area contributed by atoms with Crippen LogP contribution < -0.4 is 4.90 Å². The number of para-hydroxylation sites is 1. The van der Waals surface area contributed by atoms with E-state index in [1.165, 1.54) is 53.0 Å². The molecule has 0 saturated heterocycles. The highest BCUT2D eigenvalue weighted by Gasteiger charge is 2.11. The topological polar surface area (TPSA) is 3.24 Å². The van der Waals surface area contributed by atoms with Crippen LogP contribution in [0, 0.1) is 6.92 Å². The second-order valence-electron chi connectivity index (χ2n) is 8.30. The fraction of sp³-hybridized carbons (Fsp3) is 0.226. The van der Waals surface area contributed by atoms with Gasteiger partial charge in [0.15, 0.2) is 0 Å². The zero-order valence-electron chi connectivity index (χ0n) is 20.0. The minimum absolute atomic E-state index is 1.13. The van der Waals surface area contributed by atoms with Crippen molar-refractivity contribution in [2.24, 2.45) is 0 Å². The van der Waals surface area contributed by atoms with E-state index in [-0.39, 0.29) is 0 Å². The van der Waals surface area contributed by atoms with Crippen molar-refractivity contribution in [3.63, 3.8) is 0 Å². The van der Waals surface area contributed by atoms with Crippen molar-refractivity contribution in [3.8, 4) is 0 Å². The van der Waals surface area contributed by atoms with Crippen LogP contribution in [0.3, 0.4) is 0 Å². The van der Waals surface area contributed by atoms with Crippen LogP contribution in [0.25, 0.3) is 0 Å². The van der Waals surface area contributed by atoms with Crippen molar-refractivity contribution in [2.75, 3.05) is 4.90 Å². The van der Waals surface area contributed by atoms with Crippen molar-refractivity contribution in [2.45, 2.75) is 46.5 Å². The van der Waals surface area contributed by atoms with Crippen molar-refractivity contribution < 1.29 is 0 Å². The van der Waals surface area contributed by atoms with Crippen LogP contribution in [-0.4, -0.2) is 0 Å². The molecule has 0 spiro atoms. The summed E-state index contributed by atoms with van der Waals surface area (Å²) in [5.41, 5.74) is 7.66. The molecule has 0 N–H and O–H groups in total. The fourth-order valence-corrected chi connectivity index (χ4v) is 4.10. The monoisotopic (exact) mass is 499 g/mol. The molecule has 0 amide bonds. The first-order valence-corrected chi connectivity index (χ1v) is 12.6. The molecule has 0 unspecified atom stereocenters. The van der Waals surface area contributed by atoms with Crippen molar-refractivity contribution in [1.29, 1.82) is 0 Å². The number of hydrogen-bond donors (Lipinski definition) is 0. The zero-order chi connectivity index (χ0) is 23.5. The van der Waals surface area contributed by atoms with E-state index in [1.54, 1.807) is 0 Å². The first-order valence-electron chi connectivity index (χ1n) is 11.9. The SMILES string of the molecule is CCCc1ccc(Br)cc1.CCCc1ccc(N(c2ccccc2)c2cccc(C)c2)cc1. The van der Waals surface area contributed by atoms with Crippen LogP contribution in [0.4, 0.5) is 17.1 Å². The quantitative estimate of drug-likeness (QED) is 0.244. The average Bonchev–Trinajstić information content (AvgIpc) is 2.83. The molecular weight excluding hydrogens is 466 g/mol. The third-order valence-electron chi connectivity index (χ3n) is 5.46. The third kappa shape index (κ3) is 7.61. The van der Waals surface area contributed by atoms with Crippen molar-refractivity contribution in [3.05, 3.63) is 124 Å². The summed E-state index contributed by atoms with van der Waals surface area (Å²) >= 11 is 3.40. The number of nitrogens with zero attached hydrogens (tertiary/aromatic N) is 1. The maximum Gasteiger partial charge on any atom is 0.0464 e. The van der Waals surface area contributed by atoms with Gasteiger partial charge in [-0.3, -0.25) is 0 Å². The molecule has 0 aliphatic rings. The molecule has 0 aliphatic carbocycles. The molecule has 0 radical (unpaired) electrons. The molecule has 33 heavy (non-hydrogen) atoms. The van der Waals surface area contributed by atoms with Crippen LogP contribution >= 0.6 is 15.9 Å². The fourth-order valence-electron chi connectivity index (χ4n) is 3.83. The summed E-state index contributed by atoms with van der Waals surface area (Å²) < 4.78 is 1.16. The lowest BCUT2D eigenvalue weighted by Crippen LogP contribution is -2.09. The molecule has 0 saturated carbocycles. The minimum Gasteiger partial charge on any atom is -0.310 e. The number of halogens is 1. The summed E-state index contributed by atoms with van der Waals surface area (Å²) in [5, 5.41) is 0. The Bertz CT molecular complexity index is 1090. The molecule has 0 aliphatic heterocycles. The van der Waals surface area contributed by atoms with Crippen LogP contribution in [0.2, 0.25) is 0 Å². The molecule has 0 heterocycles. The maximum absolute atomic E-state index is 3.40. The van der Waals surface area contributed by atoms with Gasteiger partial charge in [0.2, 0.25) is 0 Å². The van der Waals surface area contributed by atoms with Crippen molar-refractivity contribution >= 4 is 33.0 Å². The van der Waals surface area contributed by atoms with Crippen molar-refractivity contribution in [1.82, 2.24) is 0 Å². The van der Waals surface area contributed by atoms with E-state index in [9.17, 15) is 0 Å². The predicted octanol–water partition coefficient (Wildman–Crippen LogP) is 9.82. The Labute approximate surface area is 208 Å². The van der Waals surface area contributed by atoms with Gasteiger partial charge in [0, 0.05) is 21.5 Å². The number of anilines is 3. The lowest BCUT2D eigenvalue weighted by Gasteiger charge is -2.26. The Hall–Kier alpha value is -2.84. The highest BCUT2D eigenvalue weighted by molar-refractivity contribution is 9.10. The van der Waals surface area contributed by atoms with Crippen LogP contribution in [0.1, 0.15) is 43.4 Å². The van der Waals surface area contributed by atoms with E-state index in [0.29, 0.717) is 0 Å². The predicted molar refractivity (Wildman–Crippen MR) is 148 cm³/mol. The average molecular weight is 501 g/mol. The summed E-state index contributed by atoms with van der Waals surface area (Å²) in [5.74, 6) is 0. The second kappa shape index (κ2) is 13.0. The lowest BCUT2D eigenvalue weighted by atomic mass is 10.1. The molecule has 0 aromatic heterocycles. The molecule has 170 valence electrons.